The summed E-state index contributed by atoms with van der Waals surface area (Å²) < 4.78 is 0. The van der Waals surface area contributed by atoms with Crippen LogP contribution in [0.2, 0.25) is 0 Å². The molecule has 0 spiro atoms. The number of amides is 1. The SMILES string of the molecule is CC[C@H](NC(=O)[C@@H](C)N1CCSCC1)c1ccccc1O. The molecule has 0 bridgehead atoms. The Hall–Kier alpha value is -1.20. The summed E-state index contributed by atoms with van der Waals surface area (Å²) in [5, 5.41) is 13.0. The van der Waals surface area contributed by atoms with E-state index in [1.165, 1.54) is 0 Å². The summed E-state index contributed by atoms with van der Waals surface area (Å²) in [4.78, 5) is 14.7. The van der Waals surface area contributed by atoms with Crippen LogP contribution in [0, 0.1) is 0 Å². The molecule has 1 saturated heterocycles. The van der Waals surface area contributed by atoms with E-state index >= 15 is 0 Å². The fourth-order valence-corrected chi connectivity index (χ4v) is 3.54. The van der Waals surface area contributed by atoms with E-state index in [9.17, 15) is 9.90 Å². The first-order valence-corrected chi connectivity index (χ1v) is 8.69. The number of phenols is 1. The molecular weight excluding hydrogens is 284 g/mol. The van der Waals surface area contributed by atoms with Crippen molar-refractivity contribution in [3.8, 4) is 5.75 Å². The van der Waals surface area contributed by atoms with Gasteiger partial charge >= 0.3 is 0 Å². The number of hydrogen-bond acceptors (Lipinski definition) is 4. The highest BCUT2D eigenvalue weighted by molar-refractivity contribution is 7.99. The van der Waals surface area contributed by atoms with Crippen LogP contribution in [-0.4, -0.2) is 46.6 Å². The first kappa shape index (κ1) is 16.2. The van der Waals surface area contributed by atoms with Crippen molar-refractivity contribution in [2.75, 3.05) is 24.6 Å². The van der Waals surface area contributed by atoms with Gasteiger partial charge in [-0.3, -0.25) is 9.69 Å². The van der Waals surface area contributed by atoms with Crippen molar-refractivity contribution in [2.45, 2.75) is 32.4 Å². The lowest BCUT2D eigenvalue weighted by Gasteiger charge is -2.32. The molecule has 1 aliphatic rings. The summed E-state index contributed by atoms with van der Waals surface area (Å²) in [5.74, 6) is 2.46. The summed E-state index contributed by atoms with van der Waals surface area (Å²) in [5.41, 5.74) is 0.787. The Balaban J connectivity index is 2.01. The minimum absolute atomic E-state index is 0.0389. The van der Waals surface area contributed by atoms with E-state index in [-0.39, 0.29) is 23.7 Å². The van der Waals surface area contributed by atoms with Gasteiger partial charge in [0.2, 0.25) is 5.91 Å². The fourth-order valence-electron chi connectivity index (χ4n) is 2.60. The molecule has 0 radical (unpaired) electrons. The Labute approximate surface area is 130 Å². The van der Waals surface area contributed by atoms with Crippen molar-refractivity contribution in [2.24, 2.45) is 0 Å². The van der Waals surface area contributed by atoms with Crippen molar-refractivity contribution in [1.82, 2.24) is 10.2 Å². The molecule has 2 atom stereocenters. The monoisotopic (exact) mass is 308 g/mol. The van der Waals surface area contributed by atoms with Crippen LogP contribution < -0.4 is 5.32 Å². The first-order chi connectivity index (χ1) is 10.1. The number of thioether (sulfide) groups is 1. The van der Waals surface area contributed by atoms with Crippen LogP contribution in [-0.2, 0) is 4.79 Å². The summed E-state index contributed by atoms with van der Waals surface area (Å²) in [7, 11) is 0. The average Bonchev–Trinajstić information content (AvgIpc) is 2.53. The predicted octanol–water partition coefficient (Wildman–Crippen LogP) is 2.40. The molecule has 1 amide bonds. The highest BCUT2D eigenvalue weighted by atomic mass is 32.2. The Kier molecular flexibility index (Phi) is 5.94. The molecule has 1 heterocycles. The largest absolute Gasteiger partial charge is 0.508 e. The number of benzene rings is 1. The average molecular weight is 308 g/mol. The zero-order valence-electron chi connectivity index (χ0n) is 12.7. The maximum absolute atomic E-state index is 12.5. The van der Waals surface area contributed by atoms with E-state index < -0.39 is 0 Å². The maximum atomic E-state index is 12.5. The second kappa shape index (κ2) is 7.71. The van der Waals surface area contributed by atoms with E-state index in [0.717, 1.165) is 36.6 Å². The molecule has 4 nitrogen and oxygen atoms in total. The van der Waals surface area contributed by atoms with Crippen molar-refractivity contribution < 1.29 is 9.90 Å². The lowest BCUT2D eigenvalue weighted by molar-refractivity contribution is -0.126. The van der Waals surface area contributed by atoms with Gasteiger partial charge < -0.3 is 10.4 Å². The number of nitrogens with zero attached hydrogens (tertiary/aromatic N) is 1. The quantitative estimate of drug-likeness (QED) is 0.877. The standard InChI is InChI=1S/C16H24N2O2S/c1-3-14(13-6-4-5-7-15(13)19)17-16(20)12(2)18-8-10-21-11-9-18/h4-7,12,14,19H,3,8-11H2,1-2H3,(H,17,20)/t12-,14+/m1/s1. The van der Waals surface area contributed by atoms with Gasteiger partial charge in [-0.1, -0.05) is 25.1 Å². The number of para-hydroxylation sites is 1. The smallest absolute Gasteiger partial charge is 0.237 e. The zero-order chi connectivity index (χ0) is 15.2. The number of aromatic hydroxyl groups is 1. The van der Waals surface area contributed by atoms with Gasteiger partial charge in [0.05, 0.1) is 12.1 Å². The van der Waals surface area contributed by atoms with Gasteiger partial charge in [0.25, 0.3) is 0 Å². The third-order valence-electron chi connectivity index (χ3n) is 4.01. The first-order valence-electron chi connectivity index (χ1n) is 7.53. The number of carbonyl (C=O) groups is 1. The van der Waals surface area contributed by atoms with Gasteiger partial charge in [0, 0.05) is 30.2 Å². The van der Waals surface area contributed by atoms with Crippen LogP contribution in [0.1, 0.15) is 31.9 Å². The molecule has 1 aromatic rings. The van der Waals surface area contributed by atoms with Crippen LogP contribution in [0.25, 0.3) is 0 Å². The lowest BCUT2D eigenvalue weighted by Crippen LogP contribution is -2.48. The van der Waals surface area contributed by atoms with Gasteiger partial charge in [-0.15, -0.1) is 0 Å². The number of phenolic OH excluding ortho intramolecular Hbond substituents is 1. The second-order valence-electron chi connectivity index (χ2n) is 5.35. The highest BCUT2D eigenvalue weighted by Gasteiger charge is 2.25. The summed E-state index contributed by atoms with van der Waals surface area (Å²) >= 11 is 1.94. The predicted molar refractivity (Wildman–Crippen MR) is 87.6 cm³/mol. The van der Waals surface area contributed by atoms with Crippen LogP contribution >= 0.6 is 11.8 Å². The lowest BCUT2D eigenvalue weighted by atomic mass is 10.0. The topological polar surface area (TPSA) is 52.6 Å². The Morgan fingerprint density at radius 3 is 2.67 bits per heavy atom. The third kappa shape index (κ3) is 4.14. The van der Waals surface area contributed by atoms with Crippen LogP contribution in [0.5, 0.6) is 5.75 Å². The van der Waals surface area contributed by atoms with Crippen LogP contribution in [0.3, 0.4) is 0 Å². The highest BCUT2D eigenvalue weighted by Crippen LogP contribution is 2.26. The van der Waals surface area contributed by atoms with Gasteiger partial charge in [-0.05, 0) is 19.4 Å². The number of carbonyl (C=O) groups excluding carboxylic acids is 1. The van der Waals surface area contributed by atoms with Crippen molar-refractivity contribution in [3.63, 3.8) is 0 Å². The van der Waals surface area contributed by atoms with Crippen molar-refractivity contribution in [3.05, 3.63) is 29.8 Å². The maximum Gasteiger partial charge on any atom is 0.237 e. The third-order valence-corrected chi connectivity index (χ3v) is 4.95. The Bertz CT molecular complexity index is 475. The molecule has 0 unspecified atom stereocenters. The molecule has 0 aromatic heterocycles. The zero-order valence-corrected chi connectivity index (χ0v) is 13.5. The minimum atomic E-state index is -0.139. The van der Waals surface area contributed by atoms with Crippen molar-refractivity contribution in [1.29, 1.82) is 0 Å². The van der Waals surface area contributed by atoms with E-state index in [1.807, 2.05) is 37.7 Å². The fraction of sp³-hybridized carbons (Fsp3) is 0.562. The Morgan fingerprint density at radius 2 is 2.05 bits per heavy atom. The van der Waals surface area contributed by atoms with E-state index in [0.29, 0.717) is 0 Å². The molecule has 21 heavy (non-hydrogen) atoms. The van der Waals surface area contributed by atoms with E-state index in [4.69, 9.17) is 0 Å². The number of rotatable bonds is 5. The molecule has 116 valence electrons. The van der Waals surface area contributed by atoms with Crippen molar-refractivity contribution >= 4 is 17.7 Å². The number of nitrogens with one attached hydrogen (secondary N) is 1. The van der Waals surface area contributed by atoms with Gasteiger partial charge in [0.1, 0.15) is 5.75 Å². The molecule has 2 N–H and O–H groups in total. The Morgan fingerprint density at radius 1 is 1.38 bits per heavy atom. The van der Waals surface area contributed by atoms with Gasteiger partial charge in [-0.2, -0.15) is 11.8 Å². The minimum Gasteiger partial charge on any atom is -0.508 e. The molecule has 5 heteroatoms. The normalized spacial score (nSPS) is 19.0. The van der Waals surface area contributed by atoms with Crippen LogP contribution in [0.4, 0.5) is 0 Å². The molecule has 1 fully saturated rings. The summed E-state index contributed by atoms with van der Waals surface area (Å²) in [6.07, 6.45) is 0.756. The van der Waals surface area contributed by atoms with Crippen LogP contribution in [0.15, 0.2) is 24.3 Å². The molecule has 0 aliphatic carbocycles. The molecule has 1 aromatic carbocycles. The van der Waals surface area contributed by atoms with E-state index in [1.54, 1.807) is 12.1 Å². The van der Waals surface area contributed by atoms with E-state index in [2.05, 4.69) is 10.2 Å². The van der Waals surface area contributed by atoms with Gasteiger partial charge in [-0.25, -0.2) is 0 Å². The summed E-state index contributed by atoms with van der Waals surface area (Å²) in [6.45, 7) is 5.90. The second-order valence-corrected chi connectivity index (χ2v) is 6.58. The molecule has 0 saturated carbocycles. The summed E-state index contributed by atoms with van der Waals surface area (Å²) in [6, 6.07) is 6.95. The molecular formula is C16H24N2O2S. The van der Waals surface area contributed by atoms with Gasteiger partial charge in [0.15, 0.2) is 0 Å². The molecule has 2 rings (SSSR count). The molecule has 1 aliphatic heterocycles. The number of hydrogen-bond donors (Lipinski definition) is 2.